The molecular weight excluding hydrogens is 232 g/mol. The molecule has 0 bridgehead atoms. The van der Waals surface area contributed by atoms with Crippen LogP contribution in [0.1, 0.15) is 12.0 Å². The van der Waals surface area contributed by atoms with E-state index in [1.807, 2.05) is 0 Å². The summed E-state index contributed by atoms with van der Waals surface area (Å²) in [5.74, 6) is 0.276. The Kier molecular flexibility index (Phi) is 5.73. The van der Waals surface area contributed by atoms with E-state index in [4.69, 9.17) is 10.5 Å². The van der Waals surface area contributed by atoms with Crippen molar-refractivity contribution in [3.05, 3.63) is 29.8 Å². The number of rotatable bonds is 6. The Hall–Kier alpha value is -2.01. The van der Waals surface area contributed by atoms with Crippen LogP contribution in [0.3, 0.4) is 0 Å². The number of benzene rings is 1. The number of hydrogen-bond donors (Lipinski definition) is 3. The van der Waals surface area contributed by atoms with E-state index in [9.17, 15) is 9.90 Å². The van der Waals surface area contributed by atoms with Gasteiger partial charge in [-0.15, -0.1) is 0 Å². The molecule has 0 aromatic heterocycles. The Morgan fingerprint density at radius 2 is 2.33 bits per heavy atom. The molecule has 0 radical (unpaired) electrons. The van der Waals surface area contributed by atoms with E-state index in [-0.39, 0.29) is 11.7 Å². The smallest absolute Gasteiger partial charge is 0.243 e. The van der Waals surface area contributed by atoms with Crippen molar-refractivity contribution in [2.45, 2.75) is 6.42 Å². The minimum absolute atomic E-state index is 0.0713. The molecule has 0 atom stereocenters. The average molecular weight is 250 g/mol. The number of amides is 1. The second kappa shape index (κ2) is 7.34. The predicted molar refractivity (Wildman–Crippen MR) is 70.4 cm³/mol. The SMILES string of the molecule is COc1cc(/C=C/C(=O)NCCCN)ccc1O. The van der Waals surface area contributed by atoms with Crippen LogP contribution in [-0.4, -0.2) is 31.2 Å². The van der Waals surface area contributed by atoms with Crippen LogP contribution < -0.4 is 15.8 Å². The highest BCUT2D eigenvalue weighted by Gasteiger charge is 2.01. The summed E-state index contributed by atoms with van der Waals surface area (Å²) < 4.78 is 4.97. The van der Waals surface area contributed by atoms with Crippen molar-refractivity contribution in [3.63, 3.8) is 0 Å². The highest BCUT2D eigenvalue weighted by Crippen LogP contribution is 2.26. The van der Waals surface area contributed by atoms with Crippen LogP contribution in [-0.2, 0) is 4.79 Å². The van der Waals surface area contributed by atoms with E-state index < -0.39 is 0 Å². The minimum Gasteiger partial charge on any atom is -0.504 e. The Bertz CT molecular complexity index is 430. The molecule has 0 heterocycles. The molecule has 5 nitrogen and oxygen atoms in total. The van der Waals surface area contributed by atoms with Gasteiger partial charge in [0, 0.05) is 12.6 Å². The third-order valence-electron chi connectivity index (χ3n) is 2.31. The molecule has 0 aliphatic heterocycles. The summed E-state index contributed by atoms with van der Waals surface area (Å²) in [7, 11) is 1.47. The van der Waals surface area contributed by atoms with Crippen molar-refractivity contribution in [2.75, 3.05) is 20.2 Å². The van der Waals surface area contributed by atoms with E-state index in [2.05, 4.69) is 5.32 Å². The zero-order valence-corrected chi connectivity index (χ0v) is 10.3. The largest absolute Gasteiger partial charge is 0.504 e. The van der Waals surface area contributed by atoms with E-state index in [1.165, 1.54) is 19.3 Å². The third-order valence-corrected chi connectivity index (χ3v) is 2.31. The molecule has 18 heavy (non-hydrogen) atoms. The van der Waals surface area contributed by atoms with Crippen LogP contribution in [0.5, 0.6) is 11.5 Å². The first-order valence-electron chi connectivity index (χ1n) is 5.70. The molecule has 0 unspecified atom stereocenters. The standard InChI is InChI=1S/C13H18N2O3/c1-18-12-9-10(3-5-11(12)16)4-6-13(17)15-8-2-7-14/h3-6,9,16H,2,7-8,14H2,1H3,(H,15,17)/b6-4+. The summed E-state index contributed by atoms with van der Waals surface area (Å²) >= 11 is 0. The van der Waals surface area contributed by atoms with Crippen molar-refractivity contribution in [3.8, 4) is 11.5 Å². The summed E-state index contributed by atoms with van der Waals surface area (Å²) in [6.45, 7) is 1.12. The molecule has 0 spiro atoms. The van der Waals surface area contributed by atoms with Gasteiger partial charge in [-0.25, -0.2) is 0 Å². The van der Waals surface area contributed by atoms with Crippen molar-refractivity contribution < 1.29 is 14.6 Å². The van der Waals surface area contributed by atoms with Gasteiger partial charge in [0.2, 0.25) is 5.91 Å². The number of aromatic hydroxyl groups is 1. The van der Waals surface area contributed by atoms with Gasteiger partial charge in [0.15, 0.2) is 11.5 Å². The molecule has 1 aromatic rings. The fraction of sp³-hybridized carbons (Fsp3) is 0.308. The quantitative estimate of drug-likeness (QED) is 0.517. The number of ether oxygens (including phenoxy) is 1. The van der Waals surface area contributed by atoms with Gasteiger partial charge in [-0.2, -0.15) is 0 Å². The maximum atomic E-state index is 11.4. The van der Waals surface area contributed by atoms with Crippen molar-refractivity contribution >= 4 is 12.0 Å². The summed E-state index contributed by atoms with van der Waals surface area (Å²) in [4.78, 5) is 11.4. The van der Waals surface area contributed by atoms with Crippen LogP contribution >= 0.6 is 0 Å². The fourth-order valence-electron chi connectivity index (χ4n) is 1.34. The predicted octanol–water partition coefficient (Wildman–Crippen LogP) is 0.879. The van der Waals surface area contributed by atoms with Gasteiger partial charge in [-0.1, -0.05) is 6.07 Å². The summed E-state index contributed by atoms with van der Waals surface area (Å²) in [5, 5.41) is 12.1. The second-order valence-corrected chi connectivity index (χ2v) is 3.70. The number of methoxy groups -OCH3 is 1. The molecule has 98 valence electrons. The Balaban J connectivity index is 2.58. The van der Waals surface area contributed by atoms with Crippen molar-refractivity contribution in [1.29, 1.82) is 0 Å². The highest BCUT2D eigenvalue weighted by molar-refractivity contribution is 5.91. The Morgan fingerprint density at radius 3 is 3.00 bits per heavy atom. The van der Waals surface area contributed by atoms with Gasteiger partial charge in [-0.05, 0) is 36.7 Å². The summed E-state index contributed by atoms with van der Waals surface area (Å²) in [6, 6.07) is 4.87. The average Bonchev–Trinajstić information content (AvgIpc) is 2.38. The van der Waals surface area contributed by atoms with Crippen LogP contribution in [0.4, 0.5) is 0 Å². The lowest BCUT2D eigenvalue weighted by Gasteiger charge is -2.03. The molecule has 1 rings (SSSR count). The van der Waals surface area contributed by atoms with Crippen LogP contribution in [0, 0.1) is 0 Å². The molecule has 0 aliphatic rings. The lowest BCUT2D eigenvalue weighted by Crippen LogP contribution is -2.23. The number of phenols is 1. The number of nitrogens with one attached hydrogen (secondary N) is 1. The topological polar surface area (TPSA) is 84.6 Å². The molecule has 5 heteroatoms. The van der Waals surface area contributed by atoms with Gasteiger partial charge in [0.05, 0.1) is 7.11 Å². The van der Waals surface area contributed by atoms with E-state index in [1.54, 1.807) is 18.2 Å². The number of hydrogen-bond acceptors (Lipinski definition) is 4. The first kappa shape index (κ1) is 14.1. The van der Waals surface area contributed by atoms with Gasteiger partial charge in [0.25, 0.3) is 0 Å². The normalized spacial score (nSPS) is 10.6. The van der Waals surface area contributed by atoms with Crippen LogP contribution in [0.2, 0.25) is 0 Å². The second-order valence-electron chi connectivity index (χ2n) is 3.70. The molecule has 0 aliphatic carbocycles. The minimum atomic E-state index is -0.171. The lowest BCUT2D eigenvalue weighted by molar-refractivity contribution is -0.116. The zero-order chi connectivity index (χ0) is 13.4. The van der Waals surface area contributed by atoms with Gasteiger partial charge >= 0.3 is 0 Å². The first-order valence-corrected chi connectivity index (χ1v) is 5.70. The molecule has 1 aromatic carbocycles. The van der Waals surface area contributed by atoms with Gasteiger partial charge < -0.3 is 20.9 Å². The maximum absolute atomic E-state index is 11.4. The van der Waals surface area contributed by atoms with Crippen molar-refractivity contribution in [2.24, 2.45) is 5.73 Å². The monoisotopic (exact) mass is 250 g/mol. The number of phenolic OH excluding ortho intramolecular Hbond substituents is 1. The molecule has 0 saturated heterocycles. The van der Waals surface area contributed by atoms with E-state index in [0.29, 0.717) is 18.8 Å². The molecule has 4 N–H and O–H groups in total. The van der Waals surface area contributed by atoms with Gasteiger partial charge in [-0.3, -0.25) is 4.79 Å². The van der Waals surface area contributed by atoms with Crippen molar-refractivity contribution in [1.82, 2.24) is 5.32 Å². The number of carbonyl (C=O) groups is 1. The third kappa shape index (κ3) is 4.47. The molecular formula is C13H18N2O3. The van der Waals surface area contributed by atoms with Gasteiger partial charge in [0.1, 0.15) is 0 Å². The zero-order valence-electron chi connectivity index (χ0n) is 10.3. The molecule has 0 fully saturated rings. The Morgan fingerprint density at radius 1 is 1.56 bits per heavy atom. The number of nitrogens with two attached hydrogens (primary N) is 1. The fourth-order valence-corrected chi connectivity index (χ4v) is 1.34. The van der Waals surface area contributed by atoms with Crippen LogP contribution in [0.25, 0.3) is 6.08 Å². The summed E-state index contributed by atoms with van der Waals surface area (Å²) in [6.07, 6.45) is 3.84. The van der Waals surface area contributed by atoms with E-state index >= 15 is 0 Å². The number of carbonyl (C=O) groups excluding carboxylic acids is 1. The summed E-state index contributed by atoms with van der Waals surface area (Å²) in [5.41, 5.74) is 6.10. The first-order chi connectivity index (χ1) is 8.67. The highest BCUT2D eigenvalue weighted by atomic mass is 16.5. The molecule has 0 saturated carbocycles. The van der Waals surface area contributed by atoms with E-state index in [0.717, 1.165) is 12.0 Å². The Labute approximate surface area is 106 Å². The molecule has 1 amide bonds. The maximum Gasteiger partial charge on any atom is 0.243 e. The lowest BCUT2D eigenvalue weighted by atomic mass is 10.2. The van der Waals surface area contributed by atoms with Crippen LogP contribution in [0.15, 0.2) is 24.3 Å².